The molecular formula is C32H54Cl2P2Pd. The van der Waals surface area contributed by atoms with Crippen molar-refractivity contribution in [2.75, 3.05) is 0 Å². The van der Waals surface area contributed by atoms with E-state index in [1.54, 1.807) is 10.6 Å². The molecule has 0 radical (unpaired) electrons. The number of hydrogen-bond acceptors (Lipinski definition) is 0. The standard InChI is InChI=1S/2C16H27P.2ClH.Pd/c2*1-12-9-13(2)11-14(10-12)17(15(3,4)5)16(6,7)8;;;/h2*9-11H,1-8H3;2*1H;/q;;;;+2/p-2. The summed E-state index contributed by atoms with van der Waals surface area (Å²) >= 11 is -0.106. The molecular weight excluding hydrogens is 624 g/mol. The molecule has 0 aliphatic rings. The number of benzene rings is 2. The molecule has 216 valence electrons. The van der Waals surface area contributed by atoms with Crippen molar-refractivity contribution >= 4 is 45.5 Å². The van der Waals surface area contributed by atoms with Crippen molar-refractivity contribution in [2.24, 2.45) is 0 Å². The molecule has 0 heterocycles. The molecule has 2 rings (SSSR count). The van der Waals surface area contributed by atoms with E-state index in [1.165, 1.54) is 22.3 Å². The van der Waals surface area contributed by atoms with E-state index in [2.05, 4.69) is 147 Å². The SMILES string of the molecule is Cc1cc(C)cc(P(C(C)(C)C)C(C)(C)C)c1.Cc1cc(C)cc(P(C(C)(C)C)C(C)(C)C)c1.[Cl][Pd][Cl]. The van der Waals surface area contributed by atoms with Gasteiger partial charge in [0.05, 0.1) is 0 Å². The van der Waals surface area contributed by atoms with E-state index in [1.807, 2.05) is 0 Å². The Morgan fingerprint density at radius 2 is 0.595 bits per heavy atom. The van der Waals surface area contributed by atoms with Gasteiger partial charge >= 0.3 is 35.0 Å². The third-order valence-electron chi connectivity index (χ3n) is 5.61. The molecule has 0 aliphatic heterocycles. The third kappa shape index (κ3) is 13.6. The summed E-state index contributed by atoms with van der Waals surface area (Å²) in [6.07, 6.45) is 0. The first kappa shape index (κ1) is 37.5. The Morgan fingerprint density at radius 1 is 0.432 bits per heavy atom. The van der Waals surface area contributed by atoms with Gasteiger partial charge in [0.1, 0.15) is 0 Å². The summed E-state index contributed by atoms with van der Waals surface area (Å²) < 4.78 is 0. The molecule has 0 N–H and O–H groups in total. The molecule has 0 amide bonds. The Morgan fingerprint density at radius 3 is 0.730 bits per heavy atom. The van der Waals surface area contributed by atoms with Crippen LogP contribution in [-0.2, 0) is 15.9 Å². The first-order chi connectivity index (χ1) is 16.4. The van der Waals surface area contributed by atoms with Crippen LogP contribution in [0.4, 0.5) is 0 Å². The molecule has 2 aromatic rings. The number of hydrogen-bond donors (Lipinski definition) is 0. The molecule has 0 saturated heterocycles. The van der Waals surface area contributed by atoms with Crippen LogP contribution in [0.25, 0.3) is 0 Å². The molecule has 0 saturated carbocycles. The Hall–Kier alpha value is 0.542. The van der Waals surface area contributed by atoms with Crippen molar-refractivity contribution in [3.05, 3.63) is 58.7 Å². The van der Waals surface area contributed by atoms with Crippen LogP contribution in [0.1, 0.15) is 105 Å². The molecule has 2 aromatic carbocycles. The van der Waals surface area contributed by atoms with E-state index in [9.17, 15) is 0 Å². The van der Waals surface area contributed by atoms with Gasteiger partial charge in [-0.25, -0.2) is 0 Å². The topological polar surface area (TPSA) is 0 Å². The van der Waals surface area contributed by atoms with E-state index < -0.39 is 0 Å². The minimum absolute atomic E-state index is 0.106. The number of halogens is 2. The Labute approximate surface area is 250 Å². The maximum absolute atomic E-state index is 4.81. The van der Waals surface area contributed by atoms with Crippen molar-refractivity contribution < 1.29 is 15.9 Å². The van der Waals surface area contributed by atoms with Crippen LogP contribution >= 0.6 is 34.9 Å². The van der Waals surface area contributed by atoms with E-state index in [0.717, 1.165) is 0 Å². The molecule has 0 bridgehead atoms. The summed E-state index contributed by atoms with van der Waals surface area (Å²) in [7, 11) is 9.29. The molecule has 0 aliphatic carbocycles. The summed E-state index contributed by atoms with van der Waals surface area (Å²) in [6.45, 7) is 37.3. The van der Waals surface area contributed by atoms with Gasteiger partial charge in [-0.3, -0.25) is 0 Å². The first-order valence-electron chi connectivity index (χ1n) is 13.0. The van der Waals surface area contributed by atoms with Crippen molar-refractivity contribution in [3.63, 3.8) is 0 Å². The van der Waals surface area contributed by atoms with E-state index in [4.69, 9.17) is 19.1 Å². The van der Waals surface area contributed by atoms with Crippen LogP contribution in [0, 0.1) is 27.7 Å². The second kappa shape index (κ2) is 15.0. The Balaban J connectivity index is 0.000000633. The van der Waals surface area contributed by atoms with Gasteiger partial charge < -0.3 is 0 Å². The Bertz CT molecular complexity index is 826. The van der Waals surface area contributed by atoms with Crippen LogP contribution in [0.2, 0.25) is 0 Å². The fourth-order valence-electron chi connectivity index (χ4n) is 5.72. The molecule has 0 nitrogen and oxygen atoms in total. The maximum atomic E-state index is 4.81. The molecule has 0 spiro atoms. The van der Waals surface area contributed by atoms with Crippen molar-refractivity contribution in [1.29, 1.82) is 0 Å². The number of rotatable bonds is 2. The van der Waals surface area contributed by atoms with Gasteiger partial charge in [-0.15, -0.1) is 0 Å². The van der Waals surface area contributed by atoms with E-state index >= 15 is 0 Å². The zero-order valence-corrected chi connectivity index (χ0v) is 31.3. The fourth-order valence-corrected chi connectivity index (χ4v) is 14.2. The fraction of sp³-hybridized carbons (Fsp3) is 0.625. The molecule has 0 atom stereocenters. The normalized spacial score (nSPS) is 12.8. The zero-order valence-electron chi connectivity index (χ0n) is 26.4. The van der Waals surface area contributed by atoms with Crippen molar-refractivity contribution in [3.8, 4) is 0 Å². The summed E-state index contributed by atoms with van der Waals surface area (Å²) in [4.78, 5) is 0. The minimum atomic E-state index is -0.170. The van der Waals surface area contributed by atoms with Gasteiger partial charge in [-0.05, 0) is 58.9 Å². The van der Waals surface area contributed by atoms with E-state index in [-0.39, 0.29) is 31.8 Å². The second-order valence-corrected chi connectivity index (χ2v) is 24.2. The van der Waals surface area contributed by atoms with Crippen molar-refractivity contribution in [1.82, 2.24) is 0 Å². The predicted molar refractivity (Wildman–Crippen MR) is 176 cm³/mol. The van der Waals surface area contributed by atoms with Gasteiger partial charge in [0.15, 0.2) is 0 Å². The molecule has 37 heavy (non-hydrogen) atoms. The van der Waals surface area contributed by atoms with Gasteiger partial charge in [0, 0.05) is 0 Å². The van der Waals surface area contributed by atoms with Gasteiger partial charge in [0.25, 0.3) is 0 Å². The van der Waals surface area contributed by atoms with Crippen LogP contribution in [0.3, 0.4) is 0 Å². The average molecular weight is 678 g/mol. The van der Waals surface area contributed by atoms with Crippen LogP contribution in [0.15, 0.2) is 36.4 Å². The summed E-state index contributed by atoms with van der Waals surface area (Å²) in [5.41, 5.74) is 5.56. The number of aryl methyl sites for hydroxylation is 4. The monoisotopic (exact) mass is 676 g/mol. The molecule has 0 aromatic heterocycles. The van der Waals surface area contributed by atoms with Gasteiger partial charge in [-0.2, -0.15) is 0 Å². The van der Waals surface area contributed by atoms with Crippen LogP contribution in [0.5, 0.6) is 0 Å². The second-order valence-electron chi connectivity index (χ2n) is 14.1. The molecule has 0 unspecified atom stereocenters. The van der Waals surface area contributed by atoms with Gasteiger partial charge in [0.2, 0.25) is 0 Å². The van der Waals surface area contributed by atoms with Crippen molar-refractivity contribution in [2.45, 2.75) is 131 Å². The zero-order chi connectivity index (χ0) is 29.6. The van der Waals surface area contributed by atoms with E-state index in [0.29, 0.717) is 20.6 Å². The first-order valence-corrected chi connectivity index (χ1v) is 19.7. The molecule has 0 fully saturated rings. The third-order valence-corrected chi connectivity index (χ3v) is 12.5. The summed E-state index contributed by atoms with van der Waals surface area (Å²) in [5, 5.41) is 4.53. The predicted octanol–water partition coefficient (Wildman–Crippen LogP) is 11.4. The quantitative estimate of drug-likeness (QED) is 0.219. The van der Waals surface area contributed by atoms with Crippen LogP contribution < -0.4 is 10.6 Å². The van der Waals surface area contributed by atoms with Crippen LogP contribution in [-0.4, -0.2) is 20.6 Å². The summed E-state index contributed by atoms with van der Waals surface area (Å²) in [6, 6.07) is 14.1. The average Bonchev–Trinajstić information content (AvgIpc) is 2.55. The van der Waals surface area contributed by atoms with Gasteiger partial charge in [-0.1, -0.05) is 158 Å². The Kier molecular flexibility index (Phi) is 15.2. The molecule has 5 heteroatoms. The summed E-state index contributed by atoms with van der Waals surface area (Å²) in [5.74, 6) is 0.